The summed E-state index contributed by atoms with van der Waals surface area (Å²) >= 11 is 9.15. The Morgan fingerprint density at radius 1 is 1.48 bits per heavy atom. The molecule has 0 atom stereocenters. The molecule has 0 spiro atoms. The van der Waals surface area contributed by atoms with Crippen molar-refractivity contribution < 1.29 is 9.72 Å². The van der Waals surface area contributed by atoms with Crippen LogP contribution in [0.3, 0.4) is 0 Å². The molecule has 2 rings (SSSR count). The number of benzene rings is 1. The Kier molecular flexibility index (Phi) is 4.54. The van der Waals surface area contributed by atoms with Crippen LogP contribution in [0, 0.1) is 17.0 Å². The summed E-state index contributed by atoms with van der Waals surface area (Å²) in [5, 5.41) is 13.5. The van der Waals surface area contributed by atoms with Crippen molar-refractivity contribution >= 4 is 44.8 Å². The second-order valence-electron chi connectivity index (χ2n) is 4.18. The molecule has 0 aliphatic heterocycles. The fourth-order valence-electron chi connectivity index (χ4n) is 1.71. The van der Waals surface area contributed by atoms with Crippen LogP contribution in [0.15, 0.2) is 35.1 Å². The average Bonchev–Trinajstić information content (AvgIpc) is 2.42. The summed E-state index contributed by atoms with van der Waals surface area (Å²) in [6.45, 7) is 1.81. The lowest BCUT2D eigenvalue weighted by Crippen LogP contribution is -2.15. The molecule has 1 N–H and O–H groups in total. The highest BCUT2D eigenvalue weighted by Gasteiger charge is 2.23. The van der Waals surface area contributed by atoms with Crippen molar-refractivity contribution in [3.63, 3.8) is 0 Å². The Labute approximate surface area is 133 Å². The minimum Gasteiger partial charge on any atom is -0.320 e. The second-order valence-corrected chi connectivity index (χ2v) is 5.34. The van der Waals surface area contributed by atoms with Gasteiger partial charge in [-0.15, -0.1) is 0 Å². The summed E-state index contributed by atoms with van der Waals surface area (Å²) in [5.41, 5.74) is 0.725. The number of nitro groups is 1. The smallest absolute Gasteiger partial charge is 0.283 e. The van der Waals surface area contributed by atoms with E-state index in [0.717, 1.165) is 5.56 Å². The topological polar surface area (TPSA) is 85.1 Å². The number of carbonyl (C=O) groups is 1. The normalized spacial score (nSPS) is 10.2. The van der Waals surface area contributed by atoms with Gasteiger partial charge in [0.05, 0.1) is 21.8 Å². The zero-order chi connectivity index (χ0) is 15.6. The number of pyridine rings is 1. The largest absolute Gasteiger partial charge is 0.320 e. The number of nitrogens with zero attached hydrogens (tertiary/aromatic N) is 2. The molecule has 0 saturated heterocycles. The fraction of sp³-hybridized carbons (Fsp3) is 0.0769. The van der Waals surface area contributed by atoms with Gasteiger partial charge in [0, 0.05) is 6.07 Å². The van der Waals surface area contributed by atoms with E-state index in [-0.39, 0.29) is 16.3 Å². The van der Waals surface area contributed by atoms with Crippen LogP contribution in [0.2, 0.25) is 5.02 Å². The highest BCUT2D eigenvalue weighted by molar-refractivity contribution is 9.10. The number of rotatable bonds is 3. The molecule has 1 aromatic heterocycles. The van der Waals surface area contributed by atoms with Gasteiger partial charge in [-0.2, -0.15) is 0 Å². The molecule has 0 radical (unpaired) electrons. The predicted molar refractivity (Wildman–Crippen MR) is 82.7 cm³/mol. The van der Waals surface area contributed by atoms with E-state index in [2.05, 4.69) is 26.2 Å². The quantitative estimate of drug-likeness (QED) is 0.503. The Morgan fingerprint density at radius 2 is 2.19 bits per heavy atom. The number of anilines is 1. The maximum Gasteiger partial charge on any atom is 0.283 e. The van der Waals surface area contributed by atoms with Crippen LogP contribution in [-0.2, 0) is 0 Å². The summed E-state index contributed by atoms with van der Waals surface area (Å²) in [6.07, 6.45) is 1.44. The number of nitro benzene ring substituents is 1. The van der Waals surface area contributed by atoms with Crippen LogP contribution in [0.1, 0.15) is 15.9 Å². The lowest BCUT2D eigenvalue weighted by atomic mass is 10.1. The standard InChI is InChI=1S/C13H9BrClN3O3/c1-7-5-8(6-16-12(7)14)17-13(19)11-9(15)3-2-4-10(11)18(20)21/h2-6H,1H3,(H,17,19). The van der Waals surface area contributed by atoms with Gasteiger partial charge in [-0.3, -0.25) is 14.9 Å². The lowest BCUT2D eigenvalue weighted by molar-refractivity contribution is -0.385. The Bertz CT molecular complexity index is 737. The highest BCUT2D eigenvalue weighted by Crippen LogP contribution is 2.27. The maximum absolute atomic E-state index is 12.2. The summed E-state index contributed by atoms with van der Waals surface area (Å²) in [5.74, 6) is -0.657. The average molecular weight is 371 g/mol. The molecule has 0 unspecified atom stereocenters. The first-order valence-electron chi connectivity index (χ1n) is 5.76. The van der Waals surface area contributed by atoms with Crippen molar-refractivity contribution in [3.8, 4) is 0 Å². The van der Waals surface area contributed by atoms with Gasteiger partial charge in [0.2, 0.25) is 0 Å². The van der Waals surface area contributed by atoms with Gasteiger partial charge in [0.25, 0.3) is 11.6 Å². The summed E-state index contributed by atoms with van der Waals surface area (Å²) in [6, 6.07) is 5.76. The SMILES string of the molecule is Cc1cc(NC(=O)c2c(Cl)cccc2[N+](=O)[O-])cnc1Br. The number of hydrogen-bond donors (Lipinski definition) is 1. The maximum atomic E-state index is 12.2. The van der Waals surface area contributed by atoms with E-state index in [0.29, 0.717) is 10.3 Å². The molecule has 0 saturated carbocycles. The minimum atomic E-state index is -0.657. The molecule has 0 bridgehead atoms. The zero-order valence-corrected chi connectivity index (χ0v) is 13.1. The van der Waals surface area contributed by atoms with Crippen LogP contribution in [0.4, 0.5) is 11.4 Å². The number of halogens is 2. The van der Waals surface area contributed by atoms with Crippen LogP contribution >= 0.6 is 27.5 Å². The van der Waals surface area contributed by atoms with Crippen molar-refractivity contribution in [2.45, 2.75) is 6.92 Å². The number of aryl methyl sites for hydroxylation is 1. The monoisotopic (exact) mass is 369 g/mol. The van der Waals surface area contributed by atoms with Gasteiger partial charge in [-0.1, -0.05) is 17.7 Å². The van der Waals surface area contributed by atoms with Crippen molar-refractivity contribution in [3.05, 3.63) is 61.3 Å². The third-order valence-corrected chi connectivity index (χ3v) is 3.83. The van der Waals surface area contributed by atoms with E-state index in [1.54, 1.807) is 6.07 Å². The zero-order valence-electron chi connectivity index (χ0n) is 10.8. The molecule has 1 heterocycles. The predicted octanol–water partition coefficient (Wildman–Crippen LogP) is 3.97. The first-order valence-corrected chi connectivity index (χ1v) is 6.93. The number of aromatic nitrogens is 1. The molecule has 108 valence electrons. The first-order chi connectivity index (χ1) is 9.90. The van der Waals surface area contributed by atoms with E-state index in [4.69, 9.17) is 11.6 Å². The minimum absolute atomic E-state index is 0.0171. The van der Waals surface area contributed by atoms with Gasteiger partial charge in [0.1, 0.15) is 10.2 Å². The van der Waals surface area contributed by atoms with E-state index in [1.807, 2.05) is 6.92 Å². The Balaban J connectivity index is 2.36. The molecule has 2 aromatic rings. The number of amides is 1. The molecule has 21 heavy (non-hydrogen) atoms. The van der Waals surface area contributed by atoms with Gasteiger partial charge in [-0.25, -0.2) is 4.98 Å². The second kappa shape index (κ2) is 6.19. The highest BCUT2D eigenvalue weighted by atomic mass is 79.9. The molecular formula is C13H9BrClN3O3. The fourth-order valence-corrected chi connectivity index (χ4v) is 2.18. The molecule has 1 amide bonds. The third kappa shape index (κ3) is 3.37. The number of carbonyl (C=O) groups excluding carboxylic acids is 1. The summed E-state index contributed by atoms with van der Waals surface area (Å²) in [7, 11) is 0. The molecule has 0 fully saturated rings. The van der Waals surface area contributed by atoms with E-state index < -0.39 is 10.8 Å². The Hall–Kier alpha value is -1.99. The number of nitrogens with one attached hydrogen (secondary N) is 1. The van der Waals surface area contributed by atoms with Crippen molar-refractivity contribution in [2.75, 3.05) is 5.32 Å². The van der Waals surface area contributed by atoms with E-state index >= 15 is 0 Å². The molecular weight excluding hydrogens is 362 g/mol. The van der Waals surface area contributed by atoms with Gasteiger partial charge < -0.3 is 5.32 Å². The molecule has 1 aromatic carbocycles. The van der Waals surface area contributed by atoms with Gasteiger partial charge >= 0.3 is 0 Å². The van der Waals surface area contributed by atoms with Gasteiger partial charge in [-0.05, 0) is 40.5 Å². The Morgan fingerprint density at radius 3 is 2.81 bits per heavy atom. The molecule has 0 aliphatic carbocycles. The summed E-state index contributed by atoms with van der Waals surface area (Å²) in [4.78, 5) is 26.6. The molecule has 6 nitrogen and oxygen atoms in total. The van der Waals surface area contributed by atoms with E-state index in [9.17, 15) is 14.9 Å². The number of hydrogen-bond acceptors (Lipinski definition) is 4. The van der Waals surface area contributed by atoms with Crippen LogP contribution < -0.4 is 5.32 Å². The molecule has 8 heteroatoms. The lowest BCUT2D eigenvalue weighted by Gasteiger charge is -2.08. The van der Waals surface area contributed by atoms with Gasteiger partial charge in [0.15, 0.2) is 0 Å². The van der Waals surface area contributed by atoms with Crippen LogP contribution in [0.25, 0.3) is 0 Å². The van der Waals surface area contributed by atoms with Crippen LogP contribution in [0.5, 0.6) is 0 Å². The van der Waals surface area contributed by atoms with E-state index in [1.165, 1.54) is 24.4 Å². The van der Waals surface area contributed by atoms with Crippen molar-refractivity contribution in [1.29, 1.82) is 0 Å². The first kappa shape index (κ1) is 15.4. The van der Waals surface area contributed by atoms with Crippen molar-refractivity contribution in [1.82, 2.24) is 4.98 Å². The van der Waals surface area contributed by atoms with Crippen molar-refractivity contribution in [2.24, 2.45) is 0 Å². The summed E-state index contributed by atoms with van der Waals surface area (Å²) < 4.78 is 0.657. The van der Waals surface area contributed by atoms with Crippen LogP contribution in [-0.4, -0.2) is 15.8 Å². The molecule has 0 aliphatic rings. The third-order valence-electron chi connectivity index (χ3n) is 2.69.